The summed E-state index contributed by atoms with van der Waals surface area (Å²) >= 11 is 1.65. The van der Waals surface area contributed by atoms with Crippen molar-refractivity contribution in [1.82, 2.24) is 14.7 Å². The van der Waals surface area contributed by atoms with Gasteiger partial charge in [0.1, 0.15) is 5.75 Å². The van der Waals surface area contributed by atoms with Gasteiger partial charge in [0, 0.05) is 55.5 Å². The average Bonchev–Trinajstić information content (AvgIpc) is 3.67. The summed E-state index contributed by atoms with van der Waals surface area (Å²) in [6, 6.07) is 18.7. The molecule has 202 valence electrons. The van der Waals surface area contributed by atoms with E-state index in [1.807, 2.05) is 53.4 Å². The van der Waals surface area contributed by atoms with Gasteiger partial charge in [-0.25, -0.2) is 8.42 Å². The maximum absolute atomic E-state index is 13.7. The Bertz CT molecular complexity index is 1610. The highest BCUT2D eigenvalue weighted by molar-refractivity contribution is 8.00. The maximum Gasteiger partial charge on any atom is 0.264 e. The molecule has 0 aliphatic carbocycles. The van der Waals surface area contributed by atoms with Crippen molar-refractivity contribution < 1.29 is 17.9 Å². The van der Waals surface area contributed by atoms with Gasteiger partial charge in [0.2, 0.25) is 0 Å². The van der Waals surface area contributed by atoms with E-state index in [1.165, 1.54) is 4.31 Å². The molecule has 0 N–H and O–H groups in total. The number of amides is 1. The van der Waals surface area contributed by atoms with Gasteiger partial charge in [0.15, 0.2) is 0 Å². The molecule has 8 nitrogen and oxygen atoms in total. The van der Waals surface area contributed by atoms with Gasteiger partial charge in [-0.2, -0.15) is 5.10 Å². The Balaban J connectivity index is 1.11. The van der Waals surface area contributed by atoms with Crippen molar-refractivity contribution in [2.24, 2.45) is 0 Å². The Morgan fingerprint density at radius 2 is 1.79 bits per heavy atom. The van der Waals surface area contributed by atoms with Crippen molar-refractivity contribution in [2.45, 2.75) is 35.6 Å². The first-order valence-corrected chi connectivity index (χ1v) is 15.6. The summed E-state index contributed by atoms with van der Waals surface area (Å²) < 4.78 is 36.7. The van der Waals surface area contributed by atoms with Crippen molar-refractivity contribution in [1.29, 1.82) is 0 Å². The van der Waals surface area contributed by atoms with Gasteiger partial charge in [-0.05, 0) is 47.9 Å². The Morgan fingerprint density at radius 3 is 2.64 bits per heavy atom. The summed E-state index contributed by atoms with van der Waals surface area (Å²) in [5.74, 6) is 1.36. The molecule has 4 aromatic rings. The van der Waals surface area contributed by atoms with E-state index in [0.29, 0.717) is 48.9 Å². The second-order valence-electron chi connectivity index (χ2n) is 9.76. The van der Waals surface area contributed by atoms with Gasteiger partial charge in [-0.1, -0.05) is 30.3 Å². The van der Waals surface area contributed by atoms with E-state index in [2.05, 4.69) is 5.10 Å². The Kier molecular flexibility index (Phi) is 7.22. The largest absolute Gasteiger partial charge is 0.493 e. The molecule has 1 aromatic heterocycles. The molecular weight excluding hydrogens is 532 g/mol. The van der Waals surface area contributed by atoms with Crippen molar-refractivity contribution in [3.63, 3.8) is 0 Å². The summed E-state index contributed by atoms with van der Waals surface area (Å²) in [5, 5.41) is 6.23. The van der Waals surface area contributed by atoms with Crippen LogP contribution in [-0.4, -0.2) is 61.0 Å². The van der Waals surface area contributed by atoms with E-state index in [9.17, 15) is 13.2 Å². The van der Waals surface area contributed by atoms with E-state index in [1.54, 1.807) is 41.0 Å². The monoisotopic (exact) mass is 562 g/mol. The van der Waals surface area contributed by atoms with Gasteiger partial charge in [0.25, 0.3) is 15.9 Å². The molecule has 10 heteroatoms. The zero-order valence-corrected chi connectivity index (χ0v) is 23.2. The number of likely N-dealkylation sites (tertiary alicyclic amines) is 1. The van der Waals surface area contributed by atoms with E-state index < -0.39 is 10.0 Å². The number of aromatic nitrogens is 2. The fourth-order valence-corrected chi connectivity index (χ4v) is 7.74. The number of thioether (sulfide) groups is 1. The highest BCUT2D eigenvalue weighted by Gasteiger charge is 2.30. The minimum absolute atomic E-state index is 0.0464. The first kappa shape index (κ1) is 25.8. The quantitative estimate of drug-likeness (QED) is 0.280. The third-order valence-corrected chi connectivity index (χ3v) is 9.99. The third-order valence-electron chi connectivity index (χ3n) is 7.13. The van der Waals surface area contributed by atoms with Crippen LogP contribution in [0.3, 0.4) is 0 Å². The first-order valence-electron chi connectivity index (χ1n) is 13.2. The molecule has 0 bridgehead atoms. The lowest BCUT2D eigenvalue weighted by molar-refractivity contribution is 0.0792. The standard InChI is InChI=1S/C29H30N4O4S2/c34-29(31-12-3-4-13-31)24-20-30-32(21-24)14-5-16-37-25-9-11-28-27(19-25)33(15-17-38-28)39(35,36)26-10-8-22-6-1-2-7-23(22)18-26/h1-2,6-11,18-21H,3-5,12-17H2. The van der Waals surface area contributed by atoms with Crippen molar-refractivity contribution in [3.05, 3.63) is 78.6 Å². The van der Waals surface area contributed by atoms with Gasteiger partial charge in [0.05, 0.1) is 29.0 Å². The highest BCUT2D eigenvalue weighted by Crippen LogP contribution is 2.40. The van der Waals surface area contributed by atoms with E-state index in [4.69, 9.17) is 4.74 Å². The number of benzene rings is 3. The lowest BCUT2D eigenvalue weighted by Gasteiger charge is -2.30. The Morgan fingerprint density at radius 1 is 0.974 bits per heavy atom. The Hall–Kier alpha value is -3.50. The topological polar surface area (TPSA) is 84.7 Å². The van der Waals surface area contributed by atoms with Crippen LogP contribution in [0.5, 0.6) is 5.75 Å². The molecule has 3 aromatic carbocycles. The lowest BCUT2D eigenvalue weighted by atomic mass is 10.1. The van der Waals surface area contributed by atoms with Gasteiger partial charge in [-0.15, -0.1) is 11.8 Å². The summed E-state index contributed by atoms with van der Waals surface area (Å²) in [6.07, 6.45) is 6.25. The zero-order valence-electron chi connectivity index (χ0n) is 21.5. The van der Waals surface area contributed by atoms with Gasteiger partial charge in [-0.3, -0.25) is 13.8 Å². The van der Waals surface area contributed by atoms with E-state index >= 15 is 0 Å². The molecule has 39 heavy (non-hydrogen) atoms. The molecule has 1 saturated heterocycles. The van der Waals surface area contributed by atoms with Crippen LogP contribution in [0.25, 0.3) is 10.8 Å². The normalized spacial score (nSPS) is 15.5. The molecular formula is C29H30N4O4S2. The molecule has 0 spiro atoms. The maximum atomic E-state index is 13.7. The number of hydrogen-bond acceptors (Lipinski definition) is 6. The lowest BCUT2D eigenvalue weighted by Crippen LogP contribution is -2.35. The summed E-state index contributed by atoms with van der Waals surface area (Å²) in [6.45, 7) is 3.10. The number of carbonyl (C=O) groups excluding carboxylic acids is 1. The molecule has 1 amide bonds. The molecule has 2 aliphatic heterocycles. The number of carbonyl (C=O) groups is 1. The van der Waals surface area contributed by atoms with Crippen molar-refractivity contribution in [3.8, 4) is 5.75 Å². The Labute approximate surface area is 232 Å². The minimum Gasteiger partial charge on any atom is -0.493 e. The number of aryl methyl sites for hydroxylation is 1. The number of anilines is 1. The van der Waals surface area contributed by atoms with E-state index in [0.717, 1.165) is 41.6 Å². The molecule has 0 radical (unpaired) electrons. The van der Waals surface area contributed by atoms with Crippen LogP contribution in [0.2, 0.25) is 0 Å². The highest BCUT2D eigenvalue weighted by atomic mass is 32.2. The van der Waals surface area contributed by atoms with Crippen LogP contribution >= 0.6 is 11.8 Å². The molecule has 6 rings (SSSR count). The number of rotatable bonds is 8. The van der Waals surface area contributed by atoms with Gasteiger partial charge >= 0.3 is 0 Å². The SMILES string of the molecule is O=C(c1cnn(CCCOc2ccc3c(c2)N(S(=O)(=O)c2ccc4ccccc4c2)CCS3)c1)N1CCCC1. The van der Waals surface area contributed by atoms with Gasteiger partial charge < -0.3 is 9.64 Å². The molecule has 0 saturated carbocycles. The second-order valence-corrected chi connectivity index (χ2v) is 12.8. The van der Waals surface area contributed by atoms with Crippen LogP contribution in [0.15, 0.2) is 82.8 Å². The third kappa shape index (κ3) is 5.35. The van der Waals surface area contributed by atoms with Crippen LogP contribution in [0.1, 0.15) is 29.6 Å². The fourth-order valence-electron chi connectivity index (χ4n) is 5.08. The fraction of sp³-hybridized carbons (Fsp3) is 0.310. The van der Waals surface area contributed by atoms with Crippen LogP contribution < -0.4 is 9.04 Å². The molecule has 2 aliphatic rings. The summed E-state index contributed by atoms with van der Waals surface area (Å²) in [5.41, 5.74) is 1.27. The van der Waals surface area contributed by atoms with Crippen LogP contribution in [-0.2, 0) is 16.6 Å². The van der Waals surface area contributed by atoms with Crippen LogP contribution in [0.4, 0.5) is 5.69 Å². The van der Waals surface area contributed by atoms with Crippen molar-refractivity contribution >= 4 is 44.2 Å². The molecule has 0 unspecified atom stereocenters. The molecule has 3 heterocycles. The molecule has 1 fully saturated rings. The number of hydrogen-bond donors (Lipinski definition) is 0. The number of ether oxygens (including phenoxy) is 1. The number of fused-ring (bicyclic) bond motifs is 2. The second kappa shape index (κ2) is 10.9. The minimum atomic E-state index is -3.73. The van der Waals surface area contributed by atoms with Crippen molar-refractivity contribution in [2.75, 3.05) is 36.3 Å². The smallest absolute Gasteiger partial charge is 0.264 e. The zero-order chi connectivity index (χ0) is 26.8. The first-order chi connectivity index (χ1) is 19.0. The number of sulfonamides is 1. The van der Waals surface area contributed by atoms with Crippen LogP contribution in [0, 0.1) is 0 Å². The number of nitrogens with zero attached hydrogens (tertiary/aromatic N) is 4. The van der Waals surface area contributed by atoms with E-state index in [-0.39, 0.29) is 10.8 Å². The summed E-state index contributed by atoms with van der Waals surface area (Å²) in [4.78, 5) is 15.6. The average molecular weight is 563 g/mol. The predicted octanol–water partition coefficient (Wildman–Crippen LogP) is 5.04. The summed E-state index contributed by atoms with van der Waals surface area (Å²) in [7, 11) is -3.73. The predicted molar refractivity (Wildman–Crippen MR) is 153 cm³/mol. The molecule has 0 atom stereocenters.